The van der Waals surface area contributed by atoms with Crippen LogP contribution >= 0.6 is 11.3 Å². The van der Waals surface area contributed by atoms with E-state index in [-0.39, 0.29) is 17.7 Å². The van der Waals surface area contributed by atoms with Gasteiger partial charge in [-0.2, -0.15) is 0 Å². The number of fused-ring (bicyclic) bond motifs is 1. The minimum atomic E-state index is -0.121. The van der Waals surface area contributed by atoms with Gasteiger partial charge in [0.15, 0.2) is 0 Å². The zero-order chi connectivity index (χ0) is 16.9. The molecule has 4 nitrogen and oxygen atoms in total. The van der Waals surface area contributed by atoms with E-state index in [9.17, 15) is 9.59 Å². The van der Waals surface area contributed by atoms with Crippen molar-refractivity contribution in [2.75, 3.05) is 11.9 Å². The van der Waals surface area contributed by atoms with Crippen LogP contribution in [-0.4, -0.2) is 23.3 Å². The monoisotopic (exact) mass is 342 g/mol. The number of thiophene rings is 1. The van der Waals surface area contributed by atoms with E-state index in [0.717, 1.165) is 11.3 Å². The summed E-state index contributed by atoms with van der Waals surface area (Å²) in [5, 5.41) is 4.98. The van der Waals surface area contributed by atoms with Gasteiger partial charge in [0.25, 0.3) is 0 Å². The van der Waals surface area contributed by atoms with Crippen LogP contribution in [-0.2, 0) is 22.6 Å². The number of nitrogens with one attached hydrogen (secondary N) is 1. The van der Waals surface area contributed by atoms with Gasteiger partial charge in [-0.3, -0.25) is 9.59 Å². The van der Waals surface area contributed by atoms with E-state index < -0.39 is 0 Å². The number of rotatable bonds is 6. The first-order chi connectivity index (χ1) is 11.7. The molecule has 0 saturated carbocycles. The second-order valence-corrected chi connectivity index (χ2v) is 7.11. The van der Waals surface area contributed by atoms with Gasteiger partial charge in [-0.15, -0.1) is 11.3 Å². The maximum absolute atomic E-state index is 12.5. The highest BCUT2D eigenvalue weighted by molar-refractivity contribution is 7.09. The first-order valence-corrected chi connectivity index (χ1v) is 9.24. The SMILES string of the molecule is CCN(Cc1cccs1)C(=O)CCC1Cc2ccccc2NC1=O. The molecule has 0 saturated heterocycles. The lowest BCUT2D eigenvalue weighted by Gasteiger charge is -2.26. The Hall–Kier alpha value is -2.14. The molecule has 0 radical (unpaired) electrons. The number of para-hydroxylation sites is 1. The lowest BCUT2D eigenvalue weighted by atomic mass is 9.89. The molecule has 3 rings (SSSR count). The van der Waals surface area contributed by atoms with Gasteiger partial charge in [0, 0.05) is 29.4 Å². The molecular formula is C19H22N2O2S. The highest BCUT2D eigenvalue weighted by atomic mass is 32.1. The van der Waals surface area contributed by atoms with Crippen molar-refractivity contribution in [1.82, 2.24) is 4.90 Å². The molecule has 0 bridgehead atoms. The predicted molar refractivity (Wildman–Crippen MR) is 96.9 cm³/mol. The maximum atomic E-state index is 12.5. The largest absolute Gasteiger partial charge is 0.338 e. The number of amides is 2. The Kier molecular flexibility index (Phi) is 5.30. The lowest BCUT2D eigenvalue weighted by molar-refractivity contribution is -0.132. The number of hydrogen-bond donors (Lipinski definition) is 1. The lowest BCUT2D eigenvalue weighted by Crippen LogP contribution is -2.33. The normalized spacial score (nSPS) is 16.4. The molecule has 1 atom stereocenters. The van der Waals surface area contributed by atoms with E-state index in [1.165, 1.54) is 4.88 Å². The molecule has 1 aromatic carbocycles. The molecule has 1 unspecified atom stereocenters. The maximum Gasteiger partial charge on any atom is 0.227 e. The van der Waals surface area contributed by atoms with Crippen molar-refractivity contribution >= 4 is 28.8 Å². The fraction of sp³-hybridized carbons (Fsp3) is 0.368. The van der Waals surface area contributed by atoms with Crippen LogP contribution in [0.1, 0.15) is 30.2 Å². The summed E-state index contributed by atoms with van der Waals surface area (Å²) in [6.07, 6.45) is 1.73. The van der Waals surface area contributed by atoms with Crippen LogP contribution in [0.2, 0.25) is 0 Å². The number of hydrogen-bond acceptors (Lipinski definition) is 3. The highest BCUT2D eigenvalue weighted by Crippen LogP contribution is 2.27. The molecule has 0 fully saturated rings. The van der Waals surface area contributed by atoms with E-state index >= 15 is 0 Å². The number of carbonyl (C=O) groups excluding carboxylic acids is 2. The summed E-state index contributed by atoms with van der Waals surface area (Å²) >= 11 is 1.66. The minimum absolute atomic E-state index is 0.0304. The van der Waals surface area contributed by atoms with Gasteiger partial charge in [0.05, 0.1) is 6.54 Å². The summed E-state index contributed by atoms with van der Waals surface area (Å²) in [5.41, 5.74) is 2.05. The second-order valence-electron chi connectivity index (χ2n) is 6.07. The third-order valence-electron chi connectivity index (χ3n) is 4.48. The van der Waals surface area contributed by atoms with Gasteiger partial charge in [-0.25, -0.2) is 0 Å². The molecule has 1 N–H and O–H groups in total. The van der Waals surface area contributed by atoms with Crippen molar-refractivity contribution in [3.8, 4) is 0 Å². The van der Waals surface area contributed by atoms with Crippen LogP contribution in [0.4, 0.5) is 5.69 Å². The van der Waals surface area contributed by atoms with Crippen molar-refractivity contribution < 1.29 is 9.59 Å². The van der Waals surface area contributed by atoms with Gasteiger partial charge in [-0.1, -0.05) is 24.3 Å². The Bertz CT molecular complexity index is 712. The molecule has 24 heavy (non-hydrogen) atoms. The van der Waals surface area contributed by atoms with E-state index in [1.54, 1.807) is 11.3 Å². The van der Waals surface area contributed by atoms with Crippen LogP contribution in [0.15, 0.2) is 41.8 Å². The van der Waals surface area contributed by atoms with Crippen LogP contribution in [0.25, 0.3) is 0 Å². The standard InChI is InChI=1S/C19H22N2O2S/c1-2-21(13-16-7-5-11-24-16)18(22)10-9-15-12-14-6-3-4-8-17(14)20-19(15)23/h3-8,11,15H,2,9-10,12-13H2,1H3,(H,20,23). The van der Waals surface area contributed by atoms with Crippen molar-refractivity contribution in [1.29, 1.82) is 0 Å². The number of carbonyl (C=O) groups is 2. The van der Waals surface area contributed by atoms with E-state index in [2.05, 4.69) is 5.32 Å². The Morgan fingerprint density at radius 3 is 2.88 bits per heavy atom. The van der Waals surface area contributed by atoms with Gasteiger partial charge < -0.3 is 10.2 Å². The summed E-state index contributed by atoms with van der Waals surface area (Å²) in [6, 6.07) is 11.9. The number of anilines is 1. The zero-order valence-electron chi connectivity index (χ0n) is 13.8. The number of benzene rings is 1. The summed E-state index contributed by atoms with van der Waals surface area (Å²) in [4.78, 5) is 27.8. The second kappa shape index (κ2) is 7.62. The molecule has 2 aromatic rings. The smallest absolute Gasteiger partial charge is 0.227 e. The topological polar surface area (TPSA) is 49.4 Å². The average Bonchev–Trinajstić information content (AvgIpc) is 3.10. The Morgan fingerprint density at radius 1 is 1.29 bits per heavy atom. The van der Waals surface area contributed by atoms with Crippen molar-refractivity contribution in [2.24, 2.45) is 5.92 Å². The Balaban J connectivity index is 1.56. The number of nitrogens with zero attached hydrogens (tertiary/aromatic N) is 1. The van der Waals surface area contributed by atoms with E-state index in [4.69, 9.17) is 0 Å². The zero-order valence-corrected chi connectivity index (χ0v) is 14.6. The molecule has 2 amide bonds. The summed E-state index contributed by atoms with van der Waals surface area (Å²) in [7, 11) is 0. The highest BCUT2D eigenvalue weighted by Gasteiger charge is 2.26. The Morgan fingerprint density at radius 2 is 2.12 bits per heavy atom. The van der Waals surface area contributed by atoms with Crippen molar-refractivity contribution in [2.45, 2.75) is 32.7 Å². The van der Waals surface area contributed by atoms with Crippen molar-refractivity contribution in [3.63, 3.8) is 0 Å². The van der Waals surface area contributed by atoms with Gasteiger partial charge >= 0.3 is 0 Å². The molecular weight excluding hydrogens is 320 g/mol. The summed E-state index contributed by atoms with van der Waals surface area (Å²) < 4.78 is 0. The quantitative estimate of drug-likeness (QED) is 0.870. The molecule has 1 aromatic heterocycles. The fourth-order valence-electron chi connectivity index (χ4n) is 3.07. The molecule has 5 heteroatoms. The van der Waals surface area contributed by atoms with Crippen LogP contribution in [0.3, 0.4) is 0 Å². The third-order valence-corrected chi connectivity index (χ3v) is 5.34. The average molecular weight is 342 g/mol. The first-order valence-electron chi connectivity index (χ1n) is 8.36. The van der Waals surface area contributed by atoms with Crippen LogP contribution in [0.5, 0.6) is 0 Å². The predicted octanol–water partition coefficient (Wildman–Crippen LogP) is 3.69. The fourth-order valence-corrected chi connectivity index (χ4v) is 3.79. The van der Waals surface area contributed by atoms with E-state index in [1.807, 2.05) is 53.6 Å². The van der Waals surface area contributed by atoms with Gasteiger partial charge in [-0.05, 0) is 42.8 Å². The van der Waals surface area contributed by atoms with Gasteiger partial charge in [0.2, 0.25) is 11.8 Å². The molecule has 0 aliphatic carbocycles. The molecule has 1 aliphatic rings. The van der Waals surface area contributed by atoms with Crippen molar-refractivity contribution in [3.05, 3.63) is 52.2 Å². The Labute approximate surface area is 146 Å². The molecule has 2 heterocycles. The summed E-state index contributed by atoms with van der Waals surface area (Å²) in [6.45, 7) is 3.35. The minimum Gasteiger partial charge on any atom is -0.338 e. The molecule has 0 spiro atoms. The van der Waals surface area contributed by atoms with Gasteiger partial charge in [0.1, 0.15) is 0 Å². The van der Waals surface area contributed by atoms with E-state index in [0.29, 0.717) is 32.4 Å². The van der Waals surface area contributed by atoms with Crippen LogP contribution < -0.4 is 5.32 Å². The first kappa shape index (κ1) is 16.7. The van der Waals surface area contributed by atoms with Crippen LogP contribution in [0, 0.1) is 5.92 Å². The molecule has 1 aliphatic heterocycles. The third kappa shape index (κ3) is 3.85. The molecule has 126 valence electrons. The summed E-state index contributed by atoms with van der Waals surface area (Å²) in [5.74, 6) is 0.0321.